The summed E-state index contributed by atoms with van der Waals surface area (Å²) >= 11 is 6.37. The van der Waals surface area contributed by atoms with E-state index in [0.29, 0.717) is 27.0 Å². The van der Waals surface area contributed by atoms with Crippen LogP contribution in [-0.4, -0.2) is 31.1 Å². The first kappa shape index (κ1) is 34.1. The van der Waals surface area contributed by atoms with Gasteiger partial charge < -0.3 is 18.6 Å². The van der Waals surface area contributed by atoms with Crippen LogP contribution in [0.3, 0.4) is 0 Å². The first-order valence-electron chi connectivity index (χ1n) is 14.7. The van der Waals surface area contributed by atoms with Crippen LogP contribution < -0.4 is 14.6 Å². The number of amides is 2. The fourth-order valence-electron chi connectivity index (χ4n) is 5.14. The van der Waals surface area contributed by atoms with Gasteiger partial charge in [0.1, 0.15) is 19.0 Å². The summed E-state index contributed by atoms with van der Waals surface area (Å²) in [6, 6.07) is 30.7. The summed E-state index contributed by atoms with van der Waals surface area (Å²) < 4.78 is 81.2. The van der Waals surface area contributed by atoms with Crippen molar-refractivity contribution in [2.24, 2.45) is 0 Å². The van der Waals surface area contributed by atoms with Gasteiger partial charge in [-0.25, -0.2) is 15.0 Å². The number of nitrogens with one attached hydrogen (secondary N) is 2. The lowest BCUT2D eigenvalue weighted by Crippen LogP contribution is -2.47. The number of halogens is 4. The molecule has 2 amide bonds. The van der Waals surface area contributed by atoms with E-state index in [4.69, 9.17) is 25.3 Å². The maximum absolute atomic E-state index is 13.9. The second-order valence-electron chi connectivity index (χ2n) is 10.7. The van der Waals surface area contributed by atoms with Crippen molar-refractivity contribution >= 4 is 61.4 Å². The topological polar surface area (TPSA) is 127 Å². The Morgan fingerprint density at radius 1 is 0.760 bits per heavy atom. The van der Waals surface area contributed by atoms with Gasteiger partial charge in [0.05, 0.1) is 0 Å². The third-order valence-electron chi connectivity index (χ3n) is 7.39. The fourth-order valence-corrected chi connectivity index (χ4v) is 5.78. The number of hydrazine groups is 1. The number of hydrogen-bond acceptors (Lipinski definition) is 7. The Labute approximate surface area is 288 Å². The quantitative estimate of drug-likeness (QED) is 0.0913. The highest BCUT2D eigenvalue weighted by Crippen LogP contribution is 2.47. The number of alkyl halides is 3. The van der Waals surface area contributed by atoms with Crippen molar-refractivity contribution in [3.8, 4) is 16.9 Å². The van der Waals surface area contributed by atoms with E-state index in [9.17, 15) is 31.2 Å². The molecule has 0 spiro atoms. The number of hydrogen-bond donors (Lipinski definition) is 2. The Kier molecular flexibility index (Phi) is 9.57. The Morgan fingerprint density at radius 3 is 2.04 bits per heavy atom. The minimum absolute atomic E-state index is 0.0494. The number of rotatable bonds is 8. The van der Waals surface area contributed by atoms with E-state index in [-0.39, 0.29) is 46.0 Å². The molecule has 10 nitrogen and oxygen atoms in total. The number of ether oxygens (including phenoxy) is 2. The summed E-state index contributed by atoms with van der Waals surface area (Å²) in [5, 5.41) is 1.84. The highest BCUT2D eigenvalue weighted by Gasteiger charge is 2.49. The maximum Gasteiger partial charge on any atom is 0.534 e. The highest BCUT2D eigenvalue weighted by molar-refractivity contribution is 7.88. The lowest BCUT2D eigenvalue weighted by Gasteiger charge is -2.24. The Hall–Kier alpha value is -5.73. The second kappa shape index (κ2) is 14.0. The van der Waals surface area contributed by atoms with E-state index < -0.39 is 33.6 Å². The molecule has 0 fully saturated rings. The number of nitrogens with zero attached hydrogens (tertiary/aromatic N) is 1. The Balaban J connectivity index is 1.53. The number of carbonyl (C=O) groups excluding carboxylic acids is 2. The summed E-state index contributed by atoms with van der Waals surface area (Å²) in [5.74, 6) is -0.949. The number of aromatic amines is 1. The van der Waals surface area contributed by atoms with E-state index in [2.05, 4.69) is 10.4 Å². The number of fused-ring (bicyclic) bond motifs is 2. The maximum atomic E-state index is 13.9. The normalized spacial score (nSPS) is 11.7. The zero-order chi connectivity index (χ0) is 35.5. The van der Waals surface area contributed by atoms with Crippen LogP contribution in [-0.2, 0) is 32.8 Å². The van der Waals surface area contributed by atoms with Crippen molar-refractivity contribution in [2.45, 2.75) is 18.7 Å². The predicted molar refractivity (Wildman–Crippen MR) is 181 cm³/mol. The predicted octanol–water partition coefficient (Wildman–Crippen LogP) is 8.85. The number of H-pyrrole nitrogens is 1. The molecule has 6 aromatic rings. The van der Waals surface area contributed by atoms with Gasteiger partial charge in [-0.3, -0.25) is 0 Å². The molecule has 1 heterocycles. The monoisotopic (exact) mass is 723 g/mol. The zero-order valence-corrected chi connectivity index (χ0v) is 27.2. The summed E-state index contributed by atoms with van der Waals surface area (Å²) in [6.07, 6.45) is -2.22. The minimum atomic E-state index is -6.17. The molecule has 6 rings (SSSR count). The highest BCUT2D eigenvalue weighted by atomic mass is 35.5. The summed E-state index contributed by atoms with van der Waals surface area (Å²) in [7, 11) is -6.17. The van der Waals surface area contributed by atoms with Gasteiger partial charge in [-0.2, -0.15) is 26.6 Å². The average molecular weight is 724 g/mol. The lowest BCUT2D eigenvalue weighted by molar-refractivity contribution is -0.0499. The molecule has 0 aliphatic carbocycles. The number of aromatic nitrogens is 1. The molecule has 50 heavy (non-hydrogen) atoms. The van der Waals surface area contributed by atoms with E-state index in [1.807, 2.05) is 0 Å². The average Bonchev–Trinajstić information content (AvgIpc) is 3.46. The van der Waals surface area contributed by atoms with Gasteiger partial charge in [0.25, 0.3) is 0 Å². The largest absolute Gasteiger partial charge is 0.534 e. The molecule has 0 saturated heterocycles. The molecule has 5 aromatic carbocycles. The van der Waals surface area contributed by atoms with Gasteiger partial charge in [0, 0.05) is 27.1 Å². The number of anilines is 1. The molecule has 2 N–H and O–H groups in total. The summed E-state index contributed by atoms with van der Waals surface area (Å²) in [4.78, 5) is 30.1. The molecular formula is C35H25ClF3N3O7S. The molecule has 15 heteroatoms. The van der Waals surface area contributed by atoms with Gasteiger partial charge in [0.2, 0.25) is 0 Å². The molecule has 0 atom stereocenters. The van der Waals surface area contributed by atoms with Crippen LogP contribution in [0.1, 0.15) is 11.1 Å². The second-order valence-corrected chi connectivity index (χ2v) is 12.7. The van der Waals surface area contributed by atoms with Gasteiger partial charge in [-0.1, -0.05) is 103 Å². The number of carbonyl (C=O) groups is 2. The van der Waals surface area contributed by atoms with Crippen LogP contribution >= 0.6 is 11.6 Å². The molecule has 0 bridgehead atoms. The van der Waals surface area contributed by atoms with Gasteiger partial charge >= 0.3 is 27.8 Å². The smallest absolute Gasteiger partial charge is 0.443 e. The summed E-state index contributed by atoms with van der Waals surface area (Å²) in [6.45, 7) is -0.407. The summed E-state index contributed by atoms with van der Waals surface area (Å²) in [5.41, 5.74) is -2.06. The molecule has 0 aliphatic heterocycles. The van der Waals surface area contributed by atoms with Crippen LogP contribution in [0.25, 0.3) is 32.8 Å². The molecule has 0 saturated carbocycles. The molecule has 0 radical (unpaired) electrons. The van der Waals surface area contributed by atoms with Crippen LogP contribution in [0.4, 0.5) is 28.6 Å². The molecule has 256 valence electrons. The SMILES string of the molecule is O=C(NN(C(=O)OCc1ccccc1)c1[nH]c2ccc(Cl)cc2c1-c1c(OS(=O)(=O)C(F)(F)F)ccc2ccccc12)OCc1ccccc1. The van der Waals surface area contributed by atoms with Crippen LogP contribution in [0, 0.1) is 0 Å². The van der Waals surface area contributed by atoms with Crippen molar-refractivity contribution in [3.05, 3.63) is 131 Å². The van der Waals surface area contributed by atoms with E-state index in [0.717, 1.165) is 6.07 Å². The van der Waals surface area contributed by atoms with Crippen molar-refractivity contribution in [1.29, 1.82) is 0 Å². The minimum Gasteiger partial charge on any atom is -0.443 e. The standard InChI is InChI=1S/C35H25ClF3N3O7S/c36-25-16-17-28-27(19-25)31(30-26-14-8-7-13-24(26)15-18-29(30)49-50(45,46)35(37,38)39)32(40-28)42(34(44)48-21-23-11-5-2-6-12-23)41-33(43)47-20-22-9-3-1-4-10-22/h1-19,40H,20-21H2,(H,41,43). The number of benzene rings is 5. The lowest BCUT2D eigenvalue weighted by atomic mass is 9.96. The van der Waals surface area contributed by atoms with E-state index >= 15 is 0 Å². The van der Waals surface area contributed by atoms with Crippen LogP contribution in [0.5, 0.6) is 5.75 Å². The van der Waals surface area contributed by atoms with Crippen molar-refractivity contribution in [2.75, 3.05) is 5.01 Å². The van der Waals surface area contributed by atoms with Crippen LogP contribution in [0.15, 0.2) is 115 Å². The molecule has 0 aliphatic rings. The Morgan fingerprint density at radius 2 is 1.38 bits per heavy atom. The Bertz CT molecular complexity index is 2300. The third kappa shape index (κ3) is 7.31. The molecular weight excluding hydrogens is 699 g/mol. The van der Waals surface area contributed by atoms with Gasteiger partial charge in [-0.05, 0) is 46.2 Å². The zero-order valence-electron chi connectivity index (χ0n) is 25.6. The first-order chi connectivity index (χ1) is 23.9. The van der Waals surface area contributed by atoms with Crippen molar-refractivity contribution in [1.82, 2.24) is 10.4 Å². The van der Waals surface area contributed by atoms with E-state index in [1.165, 1.54) is 30.3 Å². The van der Waals surface area contributed by atoms with Crippen molar-refractivity contribution < 1.29 is 44.8 Å². The fraction of sp³-hybridized carbons (Fsp3) is 0.0857. The third-order valence-corrected chi connectivity index (χ3v) is 8.59. The molecule has 1 aromatic heterocycles. The van der Waals surface area contributed by atoms with Crippen molar-refractivity contribution in [3.63, 3.8) is 0 Å². The van der Waals surface area contributed by atoms with Gasteiger partial charge in [0.15, 0.2) is 5.75 Å². The van der Waals surface area contributed by atoms with Gasteiger partial charge in [-0.15, -0.1) is 0 Å². The first-order valence-corrected chi connectivity index (χ1v) is 16.5. The van der Waals surface area contributed by atoms with Crippen LogP contribution in [0.2, 0.25) is 5.02 Å². The van der Waals surface area contributed by atoms with E-state index in [1.54, 1.807) is 78.9 Å². The molecule has 0 unspecified atom stereocenters.